The lowest BCUT2D eigenvalue weighted by Gasteiger charge is -1.95. The average molecular weight is 110 g/mol. The average Bonchev–Trinajstić information content (AvgIpc) is 1.77. The van der Waals surface area contributed by atoms with Crippen LogP contribution in [0, 0.1) is 0 Å². The summed E-state index contributed by atoms with van der Waals surface area (Å²) < 4.78 is 1.78. The van der Waals surface area contributed by atoms with Crippen LogP contribution in [0.3, 0.4) is 0 Å². The number of hydrogen-bond donors (Lipinski definition) is 0. The van der Waals surface area contributed by atoms with Crippen molar-refractivity contribution in [1.29, 1.82) is 0 Å². The molecule has 0 unspecified atom stereocenters. The Bertz CT molecular complexity index is 167. The summed E-state index contributed by atoms with van der Waals surface area (Å²) in [4.78, 5) is 0. The van der Waals surface area contributed by atoms with E-state index in [0.29, 0.717) is 0 Å². The number of hydrogen-bond acceptors (Lipinski definition) is 2. The molecule has 1 aliphatic rings. The Morgan fingerprint density at radius 3 is 3.00 bits per heavy atom. The molecule has 0 N–H and O–H groups in total. The van der Waals surface area contributed by atoms with Gasteiger partial charge in [-0.15, -0.1) is 0 Å². The van der Waals surface area contributed by atoms with Crippen LogP contribution in [0.4, 0.5) is 0 Å². The van der Waals surface area contributed by atoms with E-state index in [1.807, 2.05) is 6.92 Å². The molecule has 3 nitrogen and oxygen atoms in total. The van der Waals surface area contributed by atoms with Gasteiger partial charge in [-0.05, 0) is 5.10 Å². The summed E-state index contributed by atoms with van der Waals surface area (Å²) in [6, 6.07) is 0. The van der Waals surface area contributed by atoms with Crippen LogP contribution >= 0.6 is 0 Å². The molecule has 1 aliphatic heterocycles. The summed E-state index contributed by atoms with van der Waals surface area (Å²) in [6.45, 7) is 6.34. The zero-order chi connectivity index (χ0) is 5.98. The van der Waals surface area contributed by atoms with E-state index < -0.39 is 0 Å². The van der Waals surface area contributed by atoms with Crippen molar-refractivity contribution in [3.8, 4) is 0 Å². The largest absolute Gasteiger partial charge is 0.323 e. The highest BCUT2D eigenvalue weighted by molar-refractivity contribution is 5.77. The standard InChI is InChI=1S/C5H8N3/c1-5-7-6-3-4-8(5)2/h3H,2,4H2,1H3/q+1. The van der Waals surface area contributed by atoms with Gasteiger partial charge in [0.1, 0.15) is 6.54 Å². The highest BCUT2D eigenvalue weighted by atomic mass is 15.3. The quantitative estimate of drug-likeness (QED) is 0.396. The van der Waals surface area contributed by atoms with Crippen molar-refractivity contribution in [2.75, 3.05) is 6.54 Å². The van der Waals surface area contributed by atoms with E-state index in [1.165, 1.54) is 0 Å². The molecule has 42 valence electrons. The molecule has 0 saturated carbocycles. The monoisotopic (exact) mass is 110 g/mol. The lowest BCUT2D eigenvalue weighted by molar-refractivity contribution is -0.381. The molecule has 1 heterocycles. The first kappa shape index (κ1) is 5.15. The molecule has 0 spiro atoms. The summed E-state index contributed by atoms with van der Waals surface area (Å²) in [6.07, 6.45) is 1.72. The first-order valence-electron chi connectivity index (χ1n) is 2.45. The molecular formula is C5H8N3+. The van der Waals surface area contributed by atoms with Crippen molar-refractivity contribution in [3.63, 3.8) is 0 Å². The van der Waals surface area contributed by atoms with E-state index >= 15 is 0 Å². The molecule has 0 aliphatic carbocycles. The maximum atomic E-state index is 3.76. The maximum absolute atomic E-state index is 3.76. The number of rotatable bonds is 0. The van der Waals surface area contributed by atoms with Crippen LogP contribution in [0.25, 0.3) is 0 Å². The molecule has 0 aromatic rings. The fourth-order valence-corrected chi connectivity index (χ4v) is 0.455. The van der Waals surface area contributed by atoms with E-state index in [1.54, 1.807) is 10.8 Å². The van der Waals surface area contributed by atoms with Gasteiger partial charge in [-0.3, -0.25) is 0 Å². The number of nitrogens with zero attached hydrogens (tertiary/aromatic N) is 3. The Hall–Kier alpha value is -0.990. The maximum Gasteiger partial charge on any atom is 0.323 e. The van der Waals surface area contributed by atoms with Gasteiger partial charge in [-0.25, -0.2) is 4.58 Å². The van der Waals surface area contributed by atoms with Gasteiger partial charge < -0.3 is 0 Å². The Morgan fingerprint density at radius 2 is 2.62 bits per heavy atom. The molecule has 0 atom stereocenters. The van der Waals surface area contributed by atoms with Crippen LogP contribution in [0.1, 0.15) is 6.92 Å². The van der Waals surface area contributed by atoms with Crippen molar-refractivity contribution in [2.24, 2.45) is 10.2 Å². The van der Waals surface area contributed by atoms with Gasteiger partial charge in [0.15, 0.2) is 0 Å². The normalized spacial score (nSPS) is 18.6. The third-order valence-corrected chi connectivity index (χ3v) is 1.04. The summed E-state index contributed by atoms with van der Waals surface area (Å²) in [5, 5.41) is 7.45. The minimum Gasteiger partial charge on any atom is -0.234 e. The summed E-state index contributed by atoms with van der Waals surface area (Å²) in [5.41, 5.74) is 0. The van der Waals surface area contributed by atoms with Gasteiger partial charge in [0.25, 0.3) is 0 Å². The van der Waals surface area contributed by atoms with Crippen LogP contribution in [0.2, 0.25) is 0 Å². The van der Waals surface area contributed by atoms with Crippen molar-refractivity contribution in [1.82, 2.24) is 0 Å². The molecule has 0 saturated heterocycles. The summed E-state index contributed by atoms with van der Waals surface area (Å²) in [7, 11) is 0. The predicted molar refractivity (Wildman–Crippen MR) is 33.8 cm³/mol. The van der Waals surface area contributed by atoms with E-state index in [-0.39, 0.29) is 0 Å². The van der Waals surface area contributed by atoms with Crippen LogP contribution in [0.15, 0.2) is 10.2 Å². The zero-order valence-electron chi connectivity index (χ0n) is 4.83. The minimum absolute atomic E-state index is 0.773. The Balaban J connectivity index is 2.80. The van der Waals surface area contributed by atoms with Crippen LogP contribution in [-0.2, 0) is 0 Å². The molecular weight excluding hydrogens is 102 g/mol. The molecule has 3 heteroatoms. The zero-order valence-corrected chi connectivity index (χ0v) is 4.83. The highest BCUT2D eigenvalue weighted by Gasteiger charge is 2.06. The van der Waals surface area contributed by atoms with E-state index in [0.717, 1.165) is 12.4 Å². The SMILES string of the molecule is C=[N+]1CC=NN=C1C. The first-order chi connectivity index (χ1) is 3.80. The summed E-state index contributed by atoms with van der Waals surface area (Å²) >= 11 is 0. The molecule has 0 aromatic heterocycles. The smallest absolute Gasteiger partial charge is 0.234 e. The van der Waals surface area contributed by atoms with Crippen molar-refractivity contribution >= 4 is 18.8 Å². The lowest BCUT2D eigenvalue weighted by atomic mass is 10.5. The molecule has 0 aromatic carbocycles. The molecule has 0 amide bonds. The van der Waals surface area contributed by atoms with Crippen molar-refractivity contribution in [2.45, 2.75) is 6.92 Å². The van der Waals surface area contributed by atoms with Gasteiger partial charge >= 0.3 is 5.84 Å². The molecule has 0 radical (unpaired) electrons. The van der Waals surface area contributed by atoms with Gasteiger partial charge in [-0.2, -0.15) is 0 Å². The Labute approximate surface area is 48.1 Å². The van der Waals surface area contributed by atoms with Crippen LogP contribution < -0.4 is 0 Å². The molecule has 8 heavy (non-hydrogen) atoms. The van der Waals surface area contributed by atoms with Gasteiger partial charge in [0, 0.05) is 6.92 Å². The highest BCUT2D eigenvalue weighted by Crippen LogP contribution is 1.85. The Morgan fingerprint density at radius 1 is 1.88 bits per heavy atom. The third kappa shape index (κ3) is 0.804. The number of amidine groups is 1. The van der Waals surface area contributed by atoms with Gasteiger partial charge in [0.05, 0.1) is 18.0 Å². The van der Waals surface area contributed by atoms with E-state index in [4.69, 9.17) is 0 Å². The second-order valence-corrected chi connectivity index (χ2v) is 1.67. The fourth-order valence-electron chi connectivity index (χ4n) is 0.455. The van der Waals surface area contributed by atoms with Gasteiger partial charge in [-0.1, -0.05) is 0 Å². The minimum atomic E-state index is 0.773. The lowest BCUT2D eigenvalue weighted by Crippen LogP contribution is -2.20. The van der Waals surface area contributed by atoms with Gasteiger partial charge in [0.2, 0.25) is 0 Å². The van der Waals surface area contributed by atoms with Crippen molar-refractivity contribution < 1.29 is 4.58 Å². The van der Waals surface area contributed by atoms with E-state index in [2.05, 4.69) is 16.9 Å². The molecule has 0 fully saturated rings. The van der Waals surface area contributed by atoms with E-state index in [9.17, 15) is 0 Å². The van der Waals surface area contributed by atoms with Crippen LogP contribution in [-0.4, -0.2) is 29.9 Å². The first-order valence-corrected chi connectivity index (χ1v) is 2.45. The van der Waals surface area contributed by atoms with Crippen LogP contribution in [0.5, 0.6) is 0 Å². The summed E-state index contributed by atoms with van der Waals surface area (Å²) in [5.74, 6) is 0.868. The predicted octanol–water partition coefficient (Wildman–Crippen LogP) is 0.117. The second-order valence-electron chi connectivity index (χ2n) is 1.67. The van der Waals surface area contributed by atoms with Crippen molar-refractivity contribution in [3.05, 3.63) is 0 Å². The molecule has 0 bridgehead atoms. The second kappa shape index (κ2) is 1.86. The molecule has 1 rings (SSSR count). The third-order valence-electron chi connectivity index (χ3n) is 1.04. The fraction of sp³-hybridized carbons (Fsp3) is 0.400. The topological polar surface area (TPSA) is 27.7 Å². The Kier molecular flexibility index (Phi) is 1.20.